The average Bonchev–Trinajstić information content (AvgIpc) is 2.50. The van der Waals surface area contributed by atoms with Crippen LogP contribution in [0.5, 0.6) is 0 Å². The van der Waals surface area contributed by atoms with Gasteiger partial charge in [-0.15, -0.1) is 0 Å². The lowest BCUT2D eigenvalue weighted by Crippen LogP contribution is -2.40. The van der Waals surface area contributed by atoms with Gasteiger partial charge in [0, 0.05) is 17.7 Å². The molecule has 1 aromatic carbocycles. The SMILES string of the molecule is CCC1(C)CCN(CC(=O)c2ccc([N+](=O)[O-])cc2)CC1. The first-order chi connectivity index (χ1) is 9.93. The lowest BCUT2D eigenvalue weighted by molar-refractivity contribution is -0.384. The van der Waals surface area contributed by atoms with Gasteiger partial charge < -0.3 is 0 Å². The van der Waals surface area contributed by atoms with Crippen molar-refractivity contribution in [2.45, 2.75) is 33.1 Å². The van der Waals surface area contributed by atoms with Crippen LogP contribution in [-0.2, 0) is 0 Å². The molecule has 0 atom stereocenters. The van der Waals surface area contributed by atoms with E-state index in [0.717, 1.165) is 25.9 Å². The Morgan fingerprint density at radius 2 is 1.86 bits per heavy atom. The number of hydrogen-bond donors (Lipinski definition) is 0. The van der Waals surface area contributed by atoms with Gasteiger partial charge in [0.25, 0.3) is 5.69 Å². The van der Waals surface area contributed by atoms with Crippen molar-refractivity contribution in [1.29, 1.82) is 0 Å². The molecule has 114 valence electrons. The summed E-state index contributed by atoms with van der Waals surface area (Å²) < 4.78 is 0. The third-order valence-electron chi connectivity index (χ3n) is 4.68. The highest BCUT2D eigenvalue weighted by Crippen LogP contribution is 2.33. The normalized spacial score (nSPS) is 18.4. The molecule has 1 aliphatic heterocycles. The van der Waals surface area contributed by atoms with Crippen molar-refractivity contribution in [2.75, 3.05) is 19.6 Å². The van der Waals surface area contributed by atoms with Crippen LogP contribution < -0.4 is 0 Å². The summed E-state index contributed by atoms with van der Waals surface area (Å²) in [6, 6.07) is 5.86. The number of hydrogen-bond acceptors (Lipinski definition) is 4. The number of piperidine rings is 1. The standard InChI is InChI=1S/C16H22N2O3/c1-3-16(2)8-10-17(11-9-16)12-15(19)13-4-6-14(7-5-13)18(20)21/h4-7H,3,8-12H2,1-2H3. The smallest absolute Gasteiger partial charge is 0.269 e. The van der Waals surface area contributed by atoms with Crippen LogP contribution in [0.15, 0.2) is 24.3 Å². The van der Waals surface area contributed by atoms with Gasteiger partial charge in [0.2, 0.25) is 0 Å². The molecule has 0 bridgehead atoms. The van der Waals surface area contributed by atoms with Gasteiger partial charge in [0.1, 0.15) is 0 Å². The van der Waals surface area contributed by atoms with E-state index in [9.17, 15) is 14.9 Å². The van der Waals surface area contributed by atoms with E-state index in [-0.39, 0.29) is 11.5 Å². The molecule has 0 radical (unpaired) electrons. The third kappa shape index (κ3) is 3.88. The van der Waals surface area contributed by atoms with Crippen molar-refractivity contribution in [2.24, 2.45) is 5.41 Å². The Hall–Kier alpha value is -1.75. The van der Waals surface area contributed by atoms with Crippen molar-refractivity contribution >= 4 is 11.5 Å². The fourth-order valence-electron chi connectivity index (χ4n) is 2.67. The maximum atomic E-state index is 12.2. The number of nitro benzene ring substituents is 1. The summed E-state index contributed by atoms with van der Waals surface area (Å²) in [7, 11) is 0. The zero-order valence-electron chi connectivity index (χ0n) is 12.7. The first-order valence-electron chi connectivity index (χ1n) is 7.43. The lowest BCUT2D eigenvalue weighted by Gasteiger charge is -2.38. The second-order valence-corrected chi connectivity index (χ2v) is 6.17. The van der Waals surface area contributed by atoms with Crippen LogP contribution in [0.2, 0.25) is 0 Å². The maximum Gasteiger partial charge on any atom is 0.269 e. The van der Waals surface area contributed by atoms with E-state index in [0.29, 0.717) is 17.5 Å². The summed E-state index contributed by atoms with van der Waals surface area (Å²) >= 11 is 0. The number of ketones is 1. The molecule has 0 amide bonds. The quantitative estimate of drug-likeness (QED) is 0.474. The molecule has 0 saturated carbocycles. The topological polar surface area (TPSA) is 63.5 Å². The number of Topliss-reactive ketones (excluding diaryl/α,β-unsaturated/α-hetero) is 1. The minimum Gasteiger partial charge on any atom is -0.296 e. The minimum absolute atomic E-state index is 0.0169. The van der Waals surface area contributed by atoms with Crippen LogP contribution in [0.3, 0.4) is 0 Å². The van der Waals surface area contributed by atoms with Gasteiger partial charge in [0.15, 0.2) is 5.78 Å². The highest BCUT2D eigenvalue weighted by Gasteiger charge is 2.29. The number of rotatable bonds is 5. The number of carbonyl (C=O) groups is 1. The predicted molar refractivity (Wildman–Crippen MR) is 81.5 cm³/mol. The molecular weight excluding hydrogens is 268 g/mol. The summed E-state index contributed by atoms with van der Waals surface area (Å²) in [5, 5.41) is 10.6. The first-order valence-corrected chi connectivity index (χ1v) is 7.43. The van der Waals surface area contributed by atoms with Crippen molar-refractivity contribution in [1.82, 2.24) is 4.90 Å². The zero-order chi connectivity index (χ0) is 15.5. The Morgan fingerprint density at radius 1 is 1.29 bits per heavy atom. The fourth-order valence-corrected chi connectivity index (χ4v) is 2.67. The predicted octanol–water partition coefficient (Wildman–Crippen LogP) is 3.29. The molecule has 2 rings (SSSR count). The van der Waals surface area contributed by atoms with Crippen LogP contribution in [0, 0.1) is 15.5 Å². The Morgan fingerprint density at radius 3 is 2.33 bits per heavy atom. The molecule has 1 saturated heterocycles. The molecule has 5 heteroatoms. The van der Waals surface area contributed by atoms with Crippen LogP contribution >= 0.6 is 0 Å². The molecule has 0 aliphatic carbocycles. The third-order valence-corrected chi connectivity index (χ3v) is 4.68. The average molecular weight is 290 g/mol. The highest BCUT2D eigenvalue weighted by molar-refractivity contribution is 5.97. The van der Waals surface area contributed by atoms with Gasteiger partial charge in [-0.25, -0.2) is 0 Å². The van der Waals surface area contributed by atoms with E-state index in [1.54, 1.807) is 12.1 Å². The molecule has 1 heterocycles. The number of likely N-dealkylation sites (tertiary alicyclic amines) is 1. The molecule has 1 aliphatic rings. The summed E-state index contributed by atoms with van der Waals surface area (Å²) in [5.41, 5.74) is 0.972. The Balaban J connectivity index is 1.92. The van der Waals surface area contributed by atoms with Crippen molar-refractivity contribution in [3.05, 3.63) is 39.9 Å². The molecule has 0 N–H and O–H groups in total. The van der Waals surface area contributed by atoms with Crippen LogP contribution in [0.1, 0.15) is 43.5 Å². The van der Waals surface area contributed by atoms with Gasteiger partial charge in [-0.3, -0.25) is 19.8 Å². The number of carbonyl (C=O) groups excluding carboxylic acids is 1. The van der Waals surface area contributed by atoms with E-state index < -0.39 is 4.92 Å². The highest BCUT2D eigenvalue weighted by atomic mass is 16.6. The minimum atomic E-state index is -0.454. The molecule has 0 aromatic heterocycles. The molecule has 0 spiro atoms. The van der Waals surface area contributed by atoms with Gasteiger partial charge in [0.05, 0.1) is 11.5 Å². The van der Waals surface area contributed by atoms with Gasteiger partial charge in [-0.2, -0.15) is 0 Å². The molecule has 0 unspecified atom stereocenters. The lowest BCUT2D eigenvalue weighted by atomic mass is 9.78. The van der Waals surface area contributed by atoms with Crippen LogP contribution in [-0.4, -0.2) is 35.2 Å². The Kier molecular flexibility index (Phi) is 4.73. The van der Waals surface area contributed by atoms with Crippen molar-refractivity contribution in [3.63, 3.8) is 0 Å². The largest absolute Gasteiger partial charge is 0.296 e. The summed E-state index contributed by atoms with van der Waals surface area (Å²) in [4.78, 5) is 24.5. The molecule has 5 nitrogen and oxygen atoms in total. The van der Waals surface area contributed by atoms with E-state index in [4.69, 9.17) is 0 Å². The summed E-state index contributed by atoms with van der Waals surface area (Å²) in [5.74, 6) is 0.0324. The molecule has 21 heavy (non-hydrogen) atoms. The van der Waals surface area contributed by atoms with Crippen LogP contribution in [0.25, 0.3) is 0 Å². The van der Waals surface area contributed by atoms with E-state index in [2.05, 4.69) is 18.7 Å². The number of benzene rings is 1. The molecule has 1 fully saturated rings. The summed E-state index contributed by atoms with van der Waals surface area (Å²) in [6.45, 7) is 6.82. The second kappa shape index (κ2) is 6.35. The van der Waals surface area contributed by atoms with Gasteiger partial charge >= 0.3 is 0 Å². The fraction of sp³-hybridized carbons (Fsp3) is 0.562. The van der Waals surface area contributed by atoms with E-state index in [1.165, 1.54) is 18.6 Å². The number of non-ortho nitro benzene ring substituents is 1. The van der Waals surface area contributed by atoms with Gasteiger partial charge in [-0.05, 0) is 43.5 Å². The van der Waals surface area contributed by atoms with E-state index >= 15 is 0 Å². The summed E-state index contributed by atoms with van der Waals surface area (Å²) in [6.07, 6.45) is 3.42. The monoisotopic (exact) mass is 290 g/mol. The number of nitrogens with zero attached hydrogens (tertiary/aromatic N) is 2. The van der Waals surface area contributed by atoms with Crippen molar-refractivity contribution in [3.8, 4) is 0 Å². The van der Waals surface area contributed by atoms with Gasteiger partial charge in [-0.1, -0.05) is 20.3 Å². The first kappa shape index (κ1) is 15.6. The Bertz CT molecular complexity index is 517. The molecule has 1 aromatic rings. The van der Waals surface area contributed by atoms with E-state index in [1.807, 2.05) is 0 Å². The Labute approximate surface area is 125 Å². The zero-order valence-corrected chi connectivity index (χ0v) is 12.7. The van der Waals surface area contributed by atoms with Crippen molar-refractivity contribution < 1.29 is 9.72 Å². The second-order valence-electron chi connectivity index (χ2n) is 6.17. The van der Waals surface area contributed by atoms with Crippen LogP contribution in [0.4, 0.5) is 5.69 Å². The number of nitro groups is 1. The molecular formula is C16H22N2O3. The maximum absolute atomic E-state index is 12.2.